The zero-order valence-electron chi connectivity index (χ0n) is 13.9. The summed E-state index contributed by atoms with van der Waals surface area (Å²) in [5, 5.41) is 3.51. The molecule has 1 aliphatic carbocycles. The Bertz CT molecular complexity index is 302. The standard InChI is InChI=1S/C16H31F3N2/c1-5-10-21(13-16(17,18)19)12-15(8-6-7-9-15)11-20-14(2,3)4/h20H,5-13H2,1-4H3. The Hall–Kier alpha value is -0.290. The van der Waals surface area contributed by atoms with E-state index in [1.54, 1.807) is 4.90 Å². The van der Waals surface area contributed by atoms with E-state index in [9.17, 15) is 13.2 Å². The van der Waals surface area contributed by atoms with Crippen LogP contribution in [-0.4, -0.2) is 42.8 Å². The van der Waals surface area contributed by atoms with Gasteiger partial charge in [0.15, 0.2) is 0 Å². The lowest BCUT2D eigenvalue weighted by atomic mass is 9.84. The van der Waals surface area contributed by atoms with Crippen LogP contribution in [0, 0.1) is 5.41 Å². The molecule has 1 saturated carbocycles. The number of nitrogens with zero attached hydrogens (tertiary/aromatic N) is 1. The normalized spacial score (nSPS) is 19.4. The first-order valence-electron chi connectivity index (χ1n) is 8.09. The van der Waals surface area contributed by atoms with Gasteiger partial charge in [0.1, 0.15) is 0 Å². The van der Waals surface area contributed by atoms with Gasteiger partial charge in [-0.25, -0.2) is 0 Å². The second kappa shape index (κ2) is 7.32. The van der Waals surface area contributed by atoms with E-state index in [-0.39, 0.29) is 11.0 Å². The minimum atomic E-state index is -4.10. The van der Waals surface area contributed by atoms with Crippen molar-refractivity contribution in [1.82, 2.24) is 10.2 Å². The molecule has 0 bridgehead atoms. The van der Waals surface area contributed by atoms with Crippen LogP contribution in [0.5, 0.6) is 0 Å². The third-order valence-corrected chi connectivity index (χ3v) is 4.16. The minimum absolute atomic E-state index is 0.00764. The molecule has 2 nitrogen and oxygen atoms in total. The average Bonchev–Trinajstić information content (AvgIpc) is 2.73. The van der Waals surface area contributed by atoms with Crippen molar-refractivity contribution < 1.29 is 13.2 Å². The summed E-state index contributed by atoms with van der Waals surface area (Å²) in [5.41, 5.74) is 0.0168. The number of hydrogen-bond donors (Lipinski definition) is 1. The molecule has 126 valence electrons. The highest BCUT2D eigenvalue weighted by atomic mass is 19.4. The molecule has 0 aromatic heterocycles. The molecule has 1 fully saturated rings. The number of hydrogen-bond acceptors (Lipinski definition) is 2. The maximum atomic E-state index is 12.7. The molecule has 21 heavy (non-hydrogen) atoms. The highest BCUT2D eigenvalue weighted by molar-refractivity contribution is 4.91. The number of halogens is 3. The van der Waals surface area contributed by atoms with Gasteiger partial charge in [0, 0.05) is 18.6 Å². The lowest BCUT2D eigenvalue weighted by Gasteiger charge is -2.38. The molecule has 1 N–H and O–H groups in total. The third kappa shape index (κ3) is 7.50. The molecular formula is C16H31F3N2. The van der Waals surface area contributed by atoms with Crippen LogP contribution in [0.4, 0.5) is 13.2 Å². The van der Waals surface area contributed by atoms with Crippen molar-refractivity contribution in [3.63, 3.8) is 0 Å². The predicted octanol–water partition coefficient (Wildman–Crippen LogP) is 4.21. The molecule has 0 saturated heterocycles. The molecule has 0 spiro atoms. The molecule has 0 aromatic rings. The maximum absolute atomic E-state index is 12.7. The Morgan fingerprint density at radius 2 is 1.67 bits per heavy atom. The first kappa shape index (κ1) is 18.8. The zero-order valence-corrected chi connectivity index (χ0v) is 13.9. The van der Waals surface area contributed by atoms with E-state index in [4.69, 9.17) is 0 Å². The Morgan fingerprint density at radius 3 is 2.10 bits per heavy atom. The number of rotatable bonds is 7. The smallest absolute Gasteiger partial charge is 0.311 e. The van der Waals surface area contributed by atoms with E-state index in [0.717, 1.165) is 38.6 Å². The third-order valence-electron chi connectivity index (χ3n) is 4.16. The van der Waals surface area contributed by atoms with Crippen LogP contribution in [0.2, 0.25) is 0 Å². The van der Waals surface area contributed by atoms with Gasteiger partial charge in [-0.2, -0.15) is 13.2 Å². The Kier molecular flexibility index (Phi) is 6.54. The van der Waals surface area contributed by atoms with Crippen molar-refractivity contribution >= 4 is 0 Å². The summed E-state index contributed by atoms with van der Waals surface area (Å²) in [6.45, 7) is 9.38. The van der Waals surface area contributed by atoms with Crippen LogP contribution in [0.3, 0.4) is 0 Å². The van der Waals surface area contributed by atoms with E-state index in [1.807, 2.05) is 6.92 Å². The Balaban J connectivity index is 2.69. The van der Waals surface area contributed by atoms with Crippen LogP contribution in [-0.2, 0) is 0 Å². The van der Waals surface area contributed by atoms with E-state index >= 15 is 0 Å². The zero-order chi connectivity index (χ0) is 16.1. The molecule has 5 heteroatoms. The lowest BCUT2D eigenvalue weighted by molar-refractivity contribution is -0.149. The fourth-order valence-electron chi connectivity index (χ4n) is 3.23. The van der Waals surface area contributed by atoms with E-state index in [1.165, 1.54) is 0 Å². The first-order chi connectivity index (χ1) is 9.55. The SMILES string of the molecule is CCCN(CC(F)(F)F)CC1(CNC(C)(C)C)CCCC1. The molecule has 0 aromatic carbocycles. The van der Waals surface area contributed by atoms with Gasteiger partial charge in [-0.1, -0.05) is 19.8 Å². The van der Waals surface area contributed by atoms with Crippen molar-refractivity contribution in [3.05, 3.63) is 0 Å². The van der Waals surface area contributed by atoms with Crippen LogP contribution in [0.15, 0.2) is 0 Å². The van der Waals surface area contributed by atoms with Gasteiger partial charge >= 0.3 is 6.18 Å². The second-order valence-electron chi connectivity index (χ2n) is 7.64. The summed E-state index contributed by atoms with van der Waals surface area (Å²) < 4.78 is 38.2. The van der Waals surface area contributed by atoms with Crippen molar-refractivity contribution in [2.75, 3.05) is 26.2 Å². The van der Waals surface area contributed by atoms with Gasteiger partial charge in [-0.05, 0) is 52.0 Å². The molecule has 0 atom stereocenters. The molecular weight excluding hydrogens is 277 g/mol. The van der Waals surface area contributed by atoms with E-state index in [2.05, 4.69) is 26.1 Å². The summed E-state index contributed by atoms with van der Waals surface area (Å²) in [5.74, 6) is 0. The molecule has 0 aliphatic heterocycles. The molecule has 0 unspecified atom stereocenters. The number of nitrogens with one attached hydrogen (secondary N) is 1. The highest BCUT2D eigenvalue weighted by Crippen LogP contribution is 2.39. The fourth-order valence-corrected chi connectivity index (χ4v) is 3.23. The van der Waals surface area contributed by atoms with Gasteiger partial charge in [-0.15, -0.1) is 0 Å². The molecule has 1 aliphatic rings. The Morgan fingerprint density at radius 1 is 1.10 bits per heavy atom. The second-order valence-corrected chi connectivity index (χ2v) is 7.64. The summed E-state index contributed by atoms with van der Waals surface area (Å²) >= 11 is 0. The lowest BCUT2D eigenvalue weighted by Crippen LogP contribution is -2.49. The summed E-state index contributed by atoms with van der Waals surface area (Å²) in [6.07, 6.45) is 1.00. The van der Waals surface area contributed by atoms with Gasteiger partial charge in [0.25, 0.3) is 0 Å². The predicted molar refractivity (Wildman–Crippen MR) is 81.4 cm³/mol. The van der Waals surface area contributed by atoms with Gasteiger partial charge in [0.2, 0.25) is 0 Å². The van der Waals surface area contributed by atoms with Crippen molar-refractivity contribution in [3.8, 4) is 0 Å². The summed E-state index contributed by atoms with van der Waals surface area (Å²) in [7, 11) is 0. The van der Waals surface area contributed by atoms with Crippen LogP contribution >= 0.6 is 0 Å². The maximum Gasteiger partial charge on any atom is 0.401 e. The van der Waals surface area contributed by atoms with Gasteiger partial charge in [0.05, 0.1) is 6.54 Å². The Labute approximate surface area is 127 Å². The molecule has 0 heterocycles. The molecule has 1 rings (SSSR count). The van der Waals surface area contributed by atoms with Crippen molar-refractivity contribution in [1.29, 1.82) is 0 Å². The van der Waals surface area contributed by atoms with Crippen molar-refractivity contribution in [2.24, 2.45) is 5.41 Å². The fraction of sp³-hybridized carbons (Fsp3) is 1.00. The van der Waals surface area contributed by atoms with E-state index in [0.29, 0.717) is 13.1 Å². The van der Waals surface area contributed by atoms with E-state index < -0.39 is 12.7 Å². The molecule has 0 radical (unpaired) electrons. The first-order valence-corrected chi connectivity index (χ1v) is 8.09. The van der Waals surface area contributed by atoms with Crippen LogP contribution < -0.4 is 5.32 Å². The van der Waals surface area contributed by atoms with Crippen LogP contribution in [0.1, 0.15) is 59.8 Å². The highest BCUT2D eigenvalue weighted by Gasteiger charge is 2.39. The largest absolute Gasteiger partial charge is 0.401 e. The monoisotopic (exact) mass is 308 g/mol. The summed E-state index contributed by atoms with van der Waals surface area (Å²) in [6, 6.07) is 0. The quantitative estimate of drug-likeness (QED) is 0.758. The molecule has 0 amide bonds. The van der Waals surface area contributed by atoms with Crippen LogP contribution in [0.25, 0.3) is 0 Å². The summed E-state index contributed by atoms with van der Waals surface area (Å²) in [4.78, 5) is 1.61. The number of alkyl halides is 3. The topological polar surface area (TPSA) is 15.3 Å². The van der Waals surface area contributed by atoms with Gasteiger partial charge < -0.3 is 5.32 Å². The van der Waals surface area contributed by atoms with Crippen molar-refractivity contribution in [2.45, 2.75) is 71.5 Å². The van der Waals surface area contributed by atoms with Gasteiger partial charge in [-0.3, -0.25) is 4.90 Å². The minimum Gasteiger partial charge on any atom is -0.311 e. The average molecular weight is 308 g/mol.